The monoisotopic (exact) mass is 756 g/mol. The van der Waals surface area contributed by atoms with Crippen molar-refractivity contribution < 1.29 is 4.42 Å². The fourth-order valence-electron chi connectivity index (χ4n) is 10.1. The molecule has 1 heterocycles. The molecule has 0 saturated carbocycles. The molecule has 1 aromatic heterocycles. The largest absolute Gasteiger partial charge is 0.456 e. The zero-order valence-electron chi connectivity index (χ0n) is 34.3. The second kappa shape index (κ2) is 14.0. The molecule has 1 aliphatic carbocycles. The molecule has 0 bridgehead atoms. The molecule has 0 unspecified atom stereocenters. The predicted octanol–water partition coefficient (Wildman–Crippen LogP) is -7.82. The summed E-state index contributed by atoms with van der Waals surface area (Å²) >= 11 is 0. The van der Waals surface area contributed by atoms with E-state index >= 15 is 0 Å². The third kappa shape index (κ3) is 5.25. The van der Waals surface area contributed by atoms with E-state index in [1.54, 1.807) is 0 Å². The number of rotatable bonds is 2. The van der Waals surface area contributed by atoms with Crippen LogP contribution in [0.25, 0.3) is 87.6 Å². The van der Waals surface area contributed by atoms with E-state index in [2.05, 4.69) is 38.1 Å². The van der Waals surface area contributed by atoms with Crippen molar-refractivity contribution in [1.82, 2.24) is 0 Å². The average Bonchev–Trinajstić information content (AvgIpc) is 3.77. The van der Waals surface area contributed by atoms with Crippen molar-refractivity contribution in [3.8, 4) is 33.4 Å². The summed E-state index contributed by atoms with van der Waals surface area (Å²) in [5.74, 6) is 0. The molecule has 0 N–H and O–H groups in total. The Morgan fingerprint density at radius 1 is 0.317 bits per heavy atom. The van der Waals surface area contributed by atoms with Crippen molar-refractivity contribution in [2.24, 2.45) is 0 Å². The highest BCUT2D eigenvalue weighted by Crippen LogP contribution is 2.50. The number of hydrogen-bond acceptors (Lipinski definition) is 1. The normalized spacial score (nSPS) is 13.2. The van der Waals surface area contributed by atoms with Gasteiger partial charge in [0.2, 0.25) is 0 Å². The van der Waals surface area contributed by atoms with Crippen LogP contribution in [0, 0.1) is 0 Å². The smallest absolute Gasteiger partial charge is 0.141 e. The highest BCUT2D eigenvalue weighted by atomic mass is 16.3. The fourth-order valence-corrected chi connectivity index (χ4v) is 10.1. The van der Waals surface area contributed by atoms with Gasteiger partial charge >= 0.3 is 0 Å². The summed E-state index contributed by atoms with van der Waals surface area (Å²) in [7, 11) is 116. The molecule has 63 heavy (non-hydrogen) atoms. The third-order valence-electron chi connectivity index (χ3n) is 13.4. The minimum atomic E-state index is -0.399. The van der Waals surface area contributed by atoms with E-state index in [9.17, 15) is 0 Å². The molecule has 0 saturated heterocycles. The second-order valence-electron chi connectivity index (χ2n) is 16.8. The van der Waals surface area contributed by atoms with Gasteiger partial charge in [0.1, 0.15) is 145 Å². The minimum absolute atomic E-state index is 0.00462. The Morgan fingerprint density at radius 3 is 1.25 bits per heavy atom. The summed E-state index contributed by atoms with van der Waals surface area (Å²) in [6.07, 6.45) is 0. The van der Waals surface area contributed by atoms with E-state index in [-0.39, 0.29) is 147 Å². The van der Waals surface area contributed by atoms with Crippen LogP contribution in [0.2, 0.25) is 0 Å². The van der Waals surface area contributed by atoms with E-state index in [0.29, 0.717) is 21.9 Å². The molecule has 0 amide bonds. The molecule has 1 aliphatic rings. The summed E-state index contributed by atoms with van der Waals surface area (Å²) < 4.78 is 6.48. The molecule has 8 aromatic carbocycles. The quantitative estimate of drug-likeness (QED) is 0.127. The highest BCUT2D eigenvalue weighted by Gasteiger charge is 2.36. The molecule has 18 heteroatoms. The van der Waals surface area contributed by atoms with Gasteiger partial charge in [0.05, 0.1) is 0 Å². The Hall–Kier alpha value is -4.56. The minimum Gasteiger partial charge on any atom is -0.456 e. The first-order chi connectivity index (χ1) is 29.7. The second-order valence-corrected chi connectivity index (χ2v) is 16.8. The SMILES string of the molecule is [B]c1c(-c2c3c([B])c([B])c([B])c([B])c3c(-c3ccc4c(c3)C(C)(C)c3ccccc3-4)c3c([B])c([B])c([B])c([B])c23)c([B])c2c(oc3c4c([B])c([B])c([B])c([B])c4c([B])c([B])c32)c1[B]. The lowest BCUT2D eigenvalue weighted by Gasteiger charge is -2.30. The Morgan fingerprint density at radius 2 is 0.714 bits per heavy atom. The lowest BCUT2D eigenvalue weighted by molar-refractivity contribution is 0.660. The number of benzene rings is 8. The lowest BCUT2D eigenvalue weighted by Crippen LogP contribution is -2.50. The van der Waals surface area contributed by atoms with Crippen LogP contribution < -0.4 is 92.9 Å². The number of furan rings is 1. The highest BCUT2D eigenvalue weighted by molar-refractivity contribution is 6.74. The molecule has 250 valence electrons. The molecule has 1 nitrogen and oxygen atoms in total. The Bertz CT molecular complexity index is 3600. The lowest BCUT2D eigenvalue weighted by atomic mass is 9.58. The molecule has 10 rings (SSSR count). The van der Waals surface area contributed by atoms with Gasteiger partial charge in [-0.05, 0) is 77.5 Å². The standard InChI is InChI=1S/C45H13B17O/c1-45(2)13-6-4-3-5-11(13)12-8-7-10(9-14(12)45)15-17-19(29(49)38(58)36(56)27(17)47)16(20-18(15)28(48)37(57)39(59)30(20)50)21-26(46)24-25-34(54)31(51)22-23(35(55)41(61)40(60)32(22)52)43(25)63-44(24)42(62)33(21)53/h3-9H,1-2H3. The van der Waals surface area contributed by atoms with Gasteiger partial charge in [-0.1, -0.05) is 110 Å². The number of hydrogen-bond donors (Lipinski definition) is 0. The van der Waals surface area contributed by atoms with Crippen LogP contribution >= 0.6 is 0 Å². The van der Waals surface area contributed by atoms with E-state index in [1.807, 2.05) is 18.2 Å². The van der Waals surface area contributed by atoms with Crippen molar-refractivity contribution in [1.29, 1.82) is 0 Å². The van der Waals surface area contributed by atoms with Gasteiger partial charge in [-0.2, -0.15) is 0 Å². The number of fused-ring (bicyclic) bond motifs is 10. The van der Waals surface area contributed by atoms with Crippen LogP contribution in [0.1, 0.15) is 25.0 Å². The van der Waals surface area contributed by atoms with Gasteiger partial charge in [-0.15, -0.1) is 32.8 Å². The van der Waals surface area contributed by atoms with Gasteiger partial charge in [-0.3, -0.25) is 0 Å². The maximum absolute atomic E-state index is 7.34. The molecular weight excluding hydrogens is 740 g/mol. The zero-order valence-corrected chi connectivity index (χ0v) is 34.3. The van der Waals surface area contributed by atoms with E-state index < -0.39 is 5.41 Å². The van der Waals surface area contributed by atoms with Crippen LogP contribution in [0.15, 0.2) is 46.9 Å². The van der Waals surface area contributed by atoms with Crippen LogP contribution in [0.4, 0.5) is 0 Å². The van der Waals surface area contributed by atoms with Crippen molar-refractivity contribution in [3.05, 3.63) is 53.6 Å². The van der Waals surface area contributed by atoms with Gasteiger partial charge in [0.15, 0.2) is 0 Å². The summed E-state index contributed by atoms with van der Waals surface area (Å²) in [6, 6.07) is 14.4. The third-order valence-corrected chi connectivity index (χ3v) is 13.4. The molecule has 0 aliphatic heterocycles. The van der Waals surface area contributed by atoms with Crippen molar-refractivity contribution >= 4 is 281 Å². The van der Waals surface area contributed by atoms with Gasteiger partial charge in [-0.25, -0.2) is 0 Å². The Kier molecular flexibility index (Phi) is 9.40. The van der Waals surface area contributed by atoms with Crippen LogP contribution in [0.5, 0.6) is 0 Å². The van der Waals surface area contributed by atoms with Gasteiger partial charge < -0.3 is 4.42 Å². The van der Waals surface area contributed by atoms with Gasteiger partial charge in [0, 0.05) is 21.6 Å². The Labute approximate surface area is 388 Å². The summed E-state index contributed by atoms with van der Waals surface area (Å²) in [4.78, 5) is 0. The Balaban J connectivity index is 1.45. The summed E-state index contributed by atoms with van der Waals surface area (Å²) in [5, 5.41) is 2.14. The topological polar surface area (TPSA) is 13.1 Å². The first-order valence-corrected chi connectivity index (χ1v) is 19.6. The fraction of sp³-hybridized carbons (Fsp3) is 0.0667. The molecule has 0 atom stereocenters. The van der Waals surface area contributed by atoms with Crippen LogP contribution in [0.3, 0.4) is 0 Å². The first-order valence-electron chi connectivity index (χ1n) is 19.6. The van der Waals surface area contributed by atoms with Crippen LogP contribution in [-0.4, -0.2) is 133 Å². The molecule has 0 spiro atoms. The summed E-state index contributed by atoms with van der Waals surface area (Å²) in [5.41, 5.74) is 6.03. The molecule has 0 fully saturated rings. The van der Waals surface area contributed by atoms with Crippen molar-refractivity contribution in [3.63, 3.8) is 0 Å². The first kappa shape index (κ1) is 42.4. The predicted molar refractivity (Wildman–Crippen MR) is 286 cm³/mol. The molecular formula is C45H13B17O. The molecule has 34 radical (unpaired) electrons. The maximum Gasteiger partial charge on any atom is 0.141 e. The molecule has 9 aromatic rings. The van der Waals surface area contributed by atoms with E-state index in [4.69, 9.17) is 138 Å². The van der Waals surface area contributed by atoms with E-state index in [1.165, 1.54) is 5.56 Å². The summed E-state index contributed by atoms with van der Waals surface area (Å²) in [6.45, 7) is 4.33. The zero-order chi connectivity index (χ0) is 45.4. The average molecular weight is 753 g/mol. The van der Waals surface area contributed by atoms with Crippen molar-refractivity contribution in [2.45, 2.75) is 19.3 Å². The van der Waals surface area contributed by atoms with Crippen molar-refractivity contribution in [2.75, 3.05) is 0 Å². The maximum atomic E-state index is 7.34. The van der Waals surface area contributed by atoms with Gasteiger partial charge in [0.25, 0.3) is 0 Å². The van der Waals surface area contributed by atoms with E-state index in [0.717, 1.165) is 16.7 Å². The van der Waals surface area contributed by atoms with Crippen LogP contribution in [-0.2, 0) is 5.41 Å².